The van der Waals surface area contributed by atoms with E-state index < -0.39 is 10.9 Å². The fourth-order valence-corrected chi connectivity index (χ4v) is 4.31. The van der Waals surface area contributed by atoms with E-state index >= 15 is 0 Å². The highest BCUT2D eigenvalue weighted by molar-refractivity contribution is 5.89. The second-order valence-electron chi connectivity index (χ2n) is 9.01. The molecule has 1 aromatic heterocycles. The average Bonchev–Trinajstić information content (AvgIpc) is 2.65. The van der Waals surface area contributed by atoms with Crippen LogP contribution in [0.5, 0.6) is 0 Å². The maximum absolute atomic E-state index is 11.9. The first kappa shape index (κ1) is 22.4. The molecule has 0 radical (unpaired) electrons. The highest BCUT2D eigenvalue weighted by atomic mass is 16.6. The third-order valence-corrected chi connectivity index (χ3v) is 5.10. The van der Waals surface area contributed by atoms with Gasteiger partial charge in [-0.2, -0.15) is 0 Å². The van der Waals surface area contributed by atoms with Gasteiger partial charge in [0.05, 0.1) is 17.6 Å². The summed E-state index contributed by atoms with van der Waals surface area (Å²) in [5.41, 5.74) is 0.454. The van der Waals surface area contributed by atoms with Gasteiger partial charge in [0.25, 0.3) is 0 Å². The predicted molar refractivity (Wildman–Crippen MR) is 118 cm³/mol. The van der Waals surface area contributed by atoms with Crippen molar-refractivity contribution < 1.29 is 14.5 Å². The standard InChI is InChI=1S/C21H28N6O4/c1-20(2)10-15(11-21(3,4)26-20)25-18-16(27(29)30)17(22-12-23-18)24-14-8-6-13(7-9-14)19(28)31-5/h6-9,12,15,26H,10-11H2,1-5H3,(H2,22,23,24,25). The van der Waals surface area contributed by atoms with Crippen LogP contribution < -0.4 is 16.0 Å². The molecule has 1 fully saturated rings. The largest absolute Gasteiger partial charge is 0.465 e. The lowest BCUT2D eigenvalue weighted by Gasteiger charge is -2.46. The van der Waals surface area contributed by atoms with E-state index in [-0.39, 0.29) is 34.4 Å². The van der Waals surface area contributed by atoms with Crippen LogP contribution in [0, 0.1) is 10.1 Å². The molecule has 3 rings (SSSR count). The van der Waals surface area contributed by atoms with E-state index in [2.05, 4.69) is 58.4 Å². The Bertz CT molecular complexity index is 958. The zero-order chi connectivity index (χ0) is 22.8. The number of ether oxygens (including phenoxy) is 1. The first-order chi connectivity index (χ1) is 14.5. The minimum absolute atomic E-state index is 0.00652. The number of esters is 1. The van der Waals surface area contributed by atoms with E-state index in [0.717, 1.165) is 12.8 Å². The van der Waals surface area contributed by atoms with E-state index in [9.17, 15) is 14.9 Å². The first-order valence-electron chi connectivity index (χ1n) is 10.0. The number of nitrogens with one attached hydrogen (secondary N) is 3. The van der Waals surface area contributed by atoms with Gasteiger partial charge in [-0.05, 0) is 64.8 Å². The van der Waals surface area contributed by atoms with Gasteiger partial charge in [-0.3, -0.25) is 10.1 Å². The summed E-state index contributed by atoms with van der Waals surface area (Å²) in [6.45, 7) is 8.45. The molecule has 0 saturated carbocycles. The van der Waals surface area contributed by atoms with Crippen molar-refractivity contribution in [1.29, 1.82) is 0 Å². The quantitative estimate of drug-likeness (QED) is 0.358. The maximum Gasteiger partial charge on any atom is 0.353 e. The van der Waals surface area contributed by atoms with Gasteiger partial charge in [-0.1, -0.05) is 0 Å². The number of aromatic nitrogens is 2. The van der Waals surface area contributed by atoms with Crippen LogP contribution in [-0.2, 0) is 4.74 Å². The Morgan fingerprint density at radius 1 is 1.13 bits per heavy atom. The fourth-order valence-electron chi connectivity index (χ4n) is 4.31. The third-order valence-electron chi connectivity index (χ3n) is 5.10. The van der Waals surface area contributed by atoms with Crippen molar-refractivity contribution in [2.75, 3.05) is 17.7 Å². The Morgan fingerprint density at radius 3 is 2.26 bits per heavy atom. The van der Waals surface area contributed by atoms with E-state index in [1.807, 2.05) is 0 Å². The number of hydrogen-bond donors (Lipinski definition) is 3. The van der Waals surface area contributed by atoms with Crippen LogP contribution in [0.3, 0.4) is 0 Å². The van der Waals surface area contributed by atoms with Crippen LogP contribution in [-0.4, -0.2) is 45.1 Å². The molecule has 0 spiro atoms. The Labute approximate surface area is 181 Å². The van der Waals surface area contributed by atoms with Crippen LogP contribution in [0.25, 0.3) is 0 Å². The molecule has 2 aromatic rings. The topological polar surface area (TPSA) is 131 Å². The predicted octanol–water partition coefficient (Wildman–Crippen LogP) is 3.64. The van der Waals surface area contributed by atoms with Crippen LogP contribution in [0.1, 0.15) is 50.9 Å². The molecule has 10 nitrogen and oxygen atoms in total. The fraction of sp³-hybridized carbons (Fsp3) is 0.476. The van der Waals surface area contributed by atoms with Gasteiger partial charge in [0.15, 0.2) is 0 Å². The molecule has 2 heterocycles. The molecular weight excluding hydrogens is 400 g/mol. The molecule has 1 aliphatic heterocycles. The van der Waals surface area contributed by atoms with Crippen LogP contribution in [0.15, 0.2) is 30.6 Å². The molecule has 1 aliphatic rings. The molecular formula is C21H28N6O4. The molecule has 0 bridgehead atoms. The normalized spacial score (nSPS) is 17.6. The summed E-state index contributed by atoms with van der Waals surface area (Å²) in [6.07, 6.45) is 2.86. The van der Waals surface area contributed by atoms with Crippen molar-refractivity contribution in [3.63, 3.8) is 0 Å². The number of piperidine rings is 1. The van der Waals surface area contributed by atoms with Crippen LogP contribution in [0.4, 0.5) is 23.0 Å². The van der Waals surface area contributed by atoms with Gasteiger partial charge in [-0.15, -0.1) is 0 Å². The molecule has 3 N–H and O–H groups in total. The second kappa shape index (κ2) is 8.46. The summed E-state index contributed by atoms with van der Waals surface area (Å²) in [5.74, 6) is -0.216. The molecule has 31 heavy (non-hydrogen) atoms. The van der Waals surface area contributed by atoms with E-state index in [4.69, 9.17) is 0 Å². The number of carbonyl (C=O) groups excluding carboxylic acids is 1. The first-order valence-corrected chi connectivity index (χ1v) is 10.0. The van der Waals surface area contributed by atoms with Gasteiger partial charge in [-0.25, -0.2) is 14.8 Å². The maximum atomic E-state index is 11.9. The minimum atomic E-state index is -0.495. The van der Waals surface area contributed by atoms with Crippen molar-refractivity contribution >= 4 is 29.0 Å². The Balaban J connectivity index is 1.86. The molecule has 0 amide bonds. The summed E-state index contributed by atoms with van der Waals surface area (Å²) < 4.78 is 4.68. The highest BCUT2D eigenvalue weighted by Gasteiger charge is 2.38. The van der Waals surface area contributed by atoms with Crippen molar-refractivity contribution in [2.24, 2.45) is 0 Å². The lowest BCUT2D eigenvalue weighted by atomic mass is 9.79. The van der Waals surface area contributed by atoms with Gasteiger partial charge >= 0.3 is 11.7 Å². The third kappa shape index (κ3) is 5.46. The number of rotatable bonds is 6. The molecule has 166 valence electrons. The van der Waals surface area contributed by atoms with Gasteiger partial charge in [0.2, 0.25) is 11.6 Å². The van der Waals surface area contributed by atoms with E-state index in [0.29, 0.717) is 11.3 Å². The van der Waals surface area contributed by atoms with Gasteiger partial charge in [0.1, 0.15) is 6.33 Å². The number of anilines is 3. The number of nitro groups is 1. The van der Waals surface area contributed by atoms with Gasteiger partial charge in [0, 0.05) is 22.8 Å². The van der Waals surface area contributed by atoms with Gasteiger partial charge < -0.3 is 20.7 Å². The van der Waals surface area contributed by atoms with Crippen molar-refractivity contribution in [1.82, 2.24) is 15.3 Å². The summed E-state index contributed by atoms with van der Waals surface area (Å²) >= 11 is 0. The van der Waals surface area contributed by atoms with Crippen molar-refractivity contribution in [2.45, 2.75) is 57.7 Å². The average molecular weight is 428 g/mol. The second-order valence-corrected chi connectivity index (χ2v) is 9.01. The van der Waals surface area contributed by atoms with E-state index in [1.165, 1.54) is 13.4 Å². The summed E-state index contributed by atoms with van der Waals surface area (Å²) in [6, 6.07) is 6.40. The Morgan fingerprint density at radius 2 is 1.71 bits per heavy atom. The number of hydrogen-bond acceptors (Lipinski definition) is 9. The molecule has 1 aromatic carbocycles. The lowest BCUT2D eigenvalue weighted by molar-refractivity contribution is -0.383. The summed E-state index contributed by atoms with van der Waals surface area (Å²) in [4.78, 5) is 31.2. The smallest absolute Gasteiger partial charge is 0.353 e. The number of nitrogens with zero attached hydrogens (tertiary/aromatic N) is 3. The number of carbonyl (C=O) groups is 1. The van der Waals surface area contributed by atoms with Crippen molar-refractivity contribution in [3.05, 3.63) is 46.3 Å². The Hall–Kier alpha value is -3.27. The molecule has 0 atom stereocenters. The summed E-state index contributed by atoms with van der Waals surface area (Å²) in [5, 5.41) is 21.7. The summed E-state index contributed by atoms with van der Waals surface area (Å²) in [7, 11) is 1.30. The Kier molecular flexibility index (Phi) is 6.12. The molecule has 10 heteroatoms. The zero-order valence-corrected chi connectivity index (χ0v) is 18.4. The monoisotopic (exact) mass is 428 g/mol. The lowest BCUT2D eigenvalue weighted by Crippen LogP contribution is -2.60. The molecule has 0 unspecified atom stereocenters. The molecule has 0 aliphatic carbocycles. The minimum Gasteiger partial charge on any atom is -0.465 e. The molecule has 1 saturated heterocycles. The van der Waals surface area contributed by atoms with Crippen LogP contribution >= 0.6 is 0 Å². The number of methoxy groups -OCH3 is 1. The number of benzene rings is 1. The zero-order valence-electron chi connectivity index (χ0n) is 18.4. The highest BCUT2D eigenvalue weighted by Crippen LogP contribution is 2.35. The van der Waals surface area contributed by atoms with Crippen LogP contribution in [0.2, 0.25) is 0 Å². The van der Waals surface area contributed by atoms with E-state index in [1.54, 1.807) is 24.3 Å². The van der Waals surface area contributed by atoms with Crippen molar-refractivity contribution in [3.8, 4) is 0 Å². The SMILES string of the molecule is COC(=O)c1ccc(Nc2ncnc(NC3CC(C)(C)NC(C)(C)C3)c2[N+](=O)[O-])cc1.